The maximum Gasteiger partial charge on any atom is 0.225 e. The Kier molecular flexibility index (Phi) is 4.40. The zero-order chi connectivity index (χ0) is 15.9. The Balaban J connectivity index is 1.78. The second kappa shape index (κ2) is 5.52. The van der Waals surface area contributed by atoms with Gasteiger partial charge in [0.25, 0.3) is 0 Å². The molecule has 2 rings (SSSR count). The molecule has 0 bridgehead atoms. The van der Waals surface area contributed by atoms with Crippen LogP contribution in [0.3, 0.4) is 0 Å². The Hall–Kier alpha value is -0.650. The van der Waals surface area contributed by atoms with E-state index in [-0.39, 0.29) is 29.0 Å². The third kappa shape index (κ3) is 4.18. The molecule has 0 aliphatic carbocycles. The van der Waals surface area contributed by atoms with E-state index in [1.54, 1.807) is 0 Å². The lowest BCUT2D eigenvalue weighted by molar-refractivity contribution is -0.139. The first kappa shape index (κ1) is 16.7. The minimum atomic E-state index is -0.490. The van der Waals surface area contributed by atoms with Gasteiger partial charge in [-0.1, -0.05) is 0 Å². The van der Waals surface area contributed by atoms with Crippen LogP contribution in [0.4, 0.5) is 0 Å². The summed E-state index contributed by atoms with van der Waals surface area (Å²) in [4.78, 5) is 12.4. The molecule has 2 saturated heterocycles. The highest BCUT2D eigenvalue weighted by molar-refractivity contribution is 5.80. The molecule has 0 radical (unpaired) electrons. The highest BCUT2D eigenvalue weighted by Gasteiger charge is 2.47. The Bertz CT molecular complexity index is 404. The predicted octanol–water partition coefficient (Wildman–Crippen LogP) is 1.81. The second-order valence-electron chi connectivity index (χ2n) is 8.02. The van der Waals surface area contributed by atoms with Gasteiger partial charge in [-0.25, -0.2) is 0 Å². The van der Waals surface area contributed by atoms with Crippen molar-refractivity contribution in [2.45, 2.75) is 77.4 Å². The third-order valence-corrected chi connectivity index (χ3v) is 4.40. The fourth-order valence-electron chi connectivity index (χ4n) is 3.58. The van der Waals surface area contributed by atoms with Gasteiger partial charge in [0, 0.05) is 17.6 Å². The van der Waals surface area contributed by atoms with Crippen molar-refractivity contribution in [1.29, 1.82) is 0 Å². The molecule has 2 heterocycles. The van der Waals surface area contributed by atoms with E-state index in [0.717, 1.165) is 12.8 Å². The van der Waals surface area contributed by atoms with Gasteiger partial charge in [-0.15, -0.1) is 0 Å². The van der Waals surface area contributed by atoms with Crippen LogP contribution in [0.5, 0.6) is 0 Å². The maximum absolute atomic E-state index is 12.4. The van der Waals surface area contributed by atoms with E-state index in [4.69, 9.17) is 9.47 Å². The van der Waals surface area contributed by atoms with Crippen LogP contribution < -0.4 is 10.6 Å². The molecule has 2 unspecified atom stereocenters. The summed E-state index contributed by atoms with van der Waals surface area (Å²) in [6.45, 7) is 13.6. The van der Waals surface area contributed by atoms with Crippen molar-refractivity contribution in [3.63, 3.8) is 0 Å². The van der Waals surface area contributed by atoms with Crippen LogP contribution in [0, 0.1) is 5.92 Å². The first-order valence-electron chi connectivity index (χ1n) is 7.90. The summed E-state index contributed by atoms with van der Waals surface area (Å²) in [5, 5.41) is 6.59. The SMILES string of the molecule is CC1(C)CC(C(=O)NCCC2COC(C)(C)O2)C(C)(C)N1. The highest BCUT2D eigenvalue weighted by Crippen LogP contribution is 2.35. The van der Waals surface area contributed by atoms with Crippen LogP contribution in [0.2, 0.25) is 0 Å². The molecule has 5 heteroatoms. The highest BCUT2D eigenvalue weighted by atomic mass is 16.7. The average Bonchev–Trinajstić information content (AvgIpc) is 2.74. The van der Waals surface area contributed by atoms with Crippen LogP contribution in [0.15, 0.2) is 0 Å². The first-order chi connectivity index (χ1) is 9.51. The second-order valence-corrected chi connectivity index (χ2v) is 8.02. The van der Waals surface area contributed by atoms with Crippen molar-refractivity contribution in [1.82, 2.24) is 10.6 Å². The van der Waals surface area contributed by atoms with E-state index in [2.05, 4.69) is 38.3 Å². The molecule has 2 atom stereocenters. The minimum absolute atomic E-state index is 0.00434. The largest absolute Gasteiger partial charge is 0.356 e. The summed E-state index contributed by atoms with van der Waals surface area (Å²) >= 11 is 0. The number of carbonyl (C=O) groups excluding carboxylic acids is 1. The van der Waals surface area contributed by atoms with Gasteiger partial charge in [0.2, 0.25) is 5.91 Å². The molecule has 0 aromatic heterocycles. The summed E-state index contributed by atoms with van der Waals surface area (Å²) in [5.74, 6) is -0.350. The predicted molar refractivity (Wildman–Crippen MR) is 81.9 cm³/mol. The molecule has 0 saturated carbocycles. The van der Waals surface area contributed by atoms with E-state index in [9.17, 15) is 4.79 Å². The van der Waals surface area contributed by atoms with E-state index in [1.165, 1.54) is 0 Å². The fourth-order valence-corrected chi connectivity index (χ4v) is 3.58. The van der Waals surface area contributed by atoms with Crippen LogP contribution in [0.1, 0.15) is 54.4 Å². The summed E-state index contributed by atoms with van der Waals surface area (Å²) < 4.78 is 11.3. The lowest BCUT2D eigenvalue weighted by Gasteiger charge is -2.27. The van der Waals surface area contributed by atoms with Crippen LogP contribution >= 0.6 is 0 Å². The van der Waals surface area contributed by atoms with Gasteiger partial charge in [-0.05, 0) is 54.4 Å². The molecule has 2 aliphatic rings. The molecule has 2 N–H and O–H groups in total. The van der Waals surface area contributed by atoms with Crippen LogP contribution in [-0.4, -0.2) is 42.0 Å². The smallest absolute Gasteiger partial charge is 0.225 e. The first-order valence-corrected chi connectivity index (χ1v) is 7.90. The summed E-state index contributed by atoms with van der Waals surface area (Å²) in [6, 6.07) is 0. The van der Waals surface area contributed by atoms with Crippen LogP contribution in [0.25, 0.3) is 0 Å². The molecule has 2 fully saturated rings. The standard InChI is InChI=1S/C16H30N2O3/c1-14(2)9-12(15(3,4)18-14)13(19)17-8-7-11-10-20-16(5,6)21-11/h11-12,18H,7-10H2,1-6H3,(H,17,19). The molecule has 21 heavy (non-hydrogen) atoms. The van der Waals surface area contributed by atoms with Gasteiger partial charge in [-0.3, -0.25) is 4.79 Å². The normalized spacial score (nSPS) is 33.0. The molecule has 0 spiro atoms. The van der Waals surface area contributed by atoms with E-state index in [0.29, 0.717) is 13.2 Å². The van der Waals surface area contributed by atoms with Crippen molar-refractivity contribution < 1.29 is 14.3 Å². The molecular formula is C16H30N2O3. The number of amides is 1. The van der Waals surface area contributed by atoms with Gasteiger partial charge >= 0.3 is 0 Å². The lowest BCUT2D eigenvalue weighted by Crippen LogP contribution is -2.48. The number of rotatable bonds is 4. The van der Waals surface area contributed by atoms with E-state index in [1.807, 2.05) is 13.8 Å². The number of hydrogen-bond acceptors (Lipinski definition) is 4. The zero-order valence-electron chi connectivity index (χ0n) is 14.2. The van der Waals surface area contributed by atoms with Gasteiger partial charge in [0.1, 0.15) is 0 Å². The van der Waals surface area contributed by atoms with Crippen molar-refractivity contribution >= 4 is 5.91 Å². The maximum atomic E-state index is 12.4. The van der Waals surface area contributed by atoms with E-state index < -0.39 is 5.79 Å². The lowest BCUT2D eigenvalue weighted by atomic mass is 9.86. The Morgan fingerprint density at radius 1 is 1.24 bits per heavy atom. The molecule has 2 aliphatic heterocycles. The number of hydrogen-bond donors (Lipinski definition) is 2. The van der Waals surface area contributed by atoms with Crippen LogP contribution in [-0.2, 0) is 14.3 Å². The summed E-state index contributed by atoms with van der Waals surface area (Å²) in [6.07, 6.45) is 1.73. The molecule has 5 nitrogen and oxygen atoms in total. The average molecular weight is 298 g/mol. The van der Waals surface area contributed by atoms with Gasteiger partial charge in [-0.2, -0.15) is 0 Å². The van der Waals surface area contributed by atoms with Crippen molar-refractivity contribution in [3.05, 3.63) is 0 Å². The zero-order valence-corrected chi connectivity index (χ0v) is 14.2. The number of carbonyl (C=O) groups is 1. The molecule has 0 aromatic rings. The summed E-state index contributed by atoms with van der Waals surface area (Å²) in [7, 11) is 0. The minimum Gasteiger partial charge on any atom is -0.356 e. The van der Waals surface area contributed by atoms with Gasteiger partial charge in [0.05, 0.1) is 18.6 Å². The summed E-state index contributed by atoms with van der Waals surface area (Å²) in [5.41, 5.74) is -0.152. The number of nitrogens with one attached hydrogen (secondary N) is 2. The molecule has 1 amide bonds. The van der Waals surface area contributed by atoms with Gasteiger partial charge < -0.3 is 20.1 Å². The monoisotopic (exact) mass is 298 g/mol. The van der Waals surface area contributed by atoms with Crippen molar-refractivity contribution in [3.8, 4) is 0 Å². The Labute approximate surface area is 128 Å². The Morgan fingerprint density at radius 3 is 2.38 bits per heavy atom. The number of ether oxygens (including phenoxy) is 2. The topological polar surface area (TPSA) is 59.6 Å². The molecular weight excluding hydrogens is 268 g/mol. The van der Waals surface area contributed by atoms with Crippen molar-refractivity contribution in [2.75, 3.05) is 13.2 Å². The molecule has 0 aromatic carbocycles. The Morgan fingerprint density at radius 2 is 1.90 bits per heavy atom. The van der Waals surface area contributed by atoms with Crippen molar-refractivity contribution in [2.24, 2.45) is 5.92 Å². The quantitative estimate of drug-likeness (QED) is 0.831. The van der Waals surface area contributed by atoms with Gasteiger partial charge in [0.15, 0.2) is 5.79 Å². The fraction of sp³-hybridized carbons (Fsp3) is 0.938. The molecule has 122 valence electrons. The van der Waals surface area contributed by atoms with E-state index >= 15 is 0 Å². The third-order valence-electron chi connectivity index (χ3n) is 4.40.